The van der Waals surface area contributed by atoms with Crippen LogP contribution in [0, 0.1) is 13.8 Å². The molecule has 0 fully saturated rings. The van der Waals surface area contributed by atoms with E-state index < -0.39 is 0 Å². The molecule has 2 aromatic rings. The number of aryl methyl sites for hydroxylation is 1. The van der Waals surface area contributed by atoms with Gasteiger partial charge in [0, 0.05) is 24.1 Å². The highest BCUT2D eigenvalue weighted by Crippen LogP contribution is 2.19. The molecule has 3 N–H and O–H groups in total. The van der Waals surface area contributed by atoms with E-state index in [9.17, 15) is 4.79 Å². The lowest BCUT2D eigenvalue weighted by Crippen LogP contribution is -2.25. The van der Waals surface area contributed by atoms with Gasteiger partial charge in [-0.3, -0.25) is 4.79 Å². The lowest BCUT2D eigenvalue weighted by Gasteiger charge is -2.08. The number of nitrogens with one attached hydrogen (secondary N) is 1. The van der Waals surface area contributed by atoms with Gasteiger partial charge in [0.1, 0.15) is 5.82 Å². The minimum absolute atomic E-state index is 0. The van der Waals surface area contributed by atoms with Crippen LogP contribution in [0.5, 0.6) is 0 Å². The third kappa shape index (κ3) is 5.23. The lowest BCUT2D eigenvalue weighted by molar-refractivity contribution is 0.0952. The fourth-order valence-electron chi connectivity index (χ4n) is 2.40. The van der Waals surface area contributed by atoms with Crippen molar-refractivity contribution < 1.29 is 4.79 Å². The number of carbonyl (C=O) groups is 1. The standard InChI is InChI=1S/C16H22N4O.2ClH/c1-12-11-14(16(21)19-10-6-4-8-17)13(2)20(12)15-7-3-5-9-18-15;;/h3,5,7,9,11H,4,6,8,10,17H2,1-2H3,(H,19,21);2*1H. The lowest BCUT2D eigenvalue weighted by atomic mass is 10.2. The quantitative estimate of drug-likeness (QED) is 0.779. The number of aromatic nitrogens is 2. The molecule has 0 radical (unpaired) electrons. The summed E-state index contributed by atoms with van der Waals surface area (Å²) in [4.78, 5) is 16.6. The van der Waals surface area contributed by atoms with E-state index in [1.165, 1.54) is 0 Å². The minimum Gasteiger partial charge on any atom is -0.352 e. The first-order valence-corrected chi connectivity index (χ1v) is 7.23. The molecule has 0 spiro atoms. The van der Waals surface area contributed by atoms with Crippen LogP contribution in [0.4, 0.5) is 0 Å². The van der Waals surface area contributed by atoms with Gasteiger partial charge in [0.2, 0.25) is 0 Å². The Hall–Kier alpha value is -1.56. The van der Waals surface area contributed by atoms with Crippen molar-refractivity contribution in [2.75, 3.05) is 13.1 Å². The fourth-order valence-corrected chi connectivity index (χ4v) is 2.40. The van der Waals surface area contributed by atoms with Gasteiger partial charge >= 0.3 is 0 Å². The van der Waals surface area contributed by atoms with Crippen LogP contribution in [-0.2, 0) is 0 Å². The van der Waals surface area contributed by atoms with E-state index in [4.69, 9.17) is 5.73 Å². The number of nitrogens with zero attached hydrogens (tertiary/aromatic N) is 2. The molecular weight excluding hydrogens is 335 g/mol. The molecule has 0 unspecified atom stereocenters. The molecule has 1 amide bonds. The summed E-state index contributed by atoms with van der Waals surface area (Å²) in [6.45, 7) is 5.23. The predicted molar refractivity (Wildman–Crippen MR) is 98.2 cm³/mol. The van der Waals surface area contributed by atoms with Crippen LogP contribution in [0.3, 0.4) is 0 Å². The van der Waals surface area contributed by atoms with Crippen molar-refractivity contribution >= 4 is 30.7 Å². The van der Waals surface area contributed by atoms with Gasteiger partial charge in [-0.05, 0) is 51.4 Å². The van der Waals surface area contributed by atoms with E-state index in [-0.39, 0.29) is 30.7 Å². The Morgan fingerprint density at radius 1 is 1.26 bits per heavy atom. The van der Waals surface area contributed by atoms with E-state index in [1.54, 1.807) is 6.20 Å². The minimum atomic E-state index is -0.0395. The summed E-state index contributed by atoms with van der Waals surface area (Å²) in [6.07, 6.45) is 3.58. The number of nitrogens with two attached hydrogens (primary N) is 1. The van der Waals surface area contributed by atoms with Gasteiger partial charge in [0.15, 0.2) is 0 Å². The number of unbranched alkanes of at least 4 members (excludes halogenated alkanes) is 1. The second-order valence-electron chi connectivity index (χ2n) is 5.06. The zero-order chi connectivity index (χ0) is 15.2. The molecule has 0 aliphatic rings. The van der Waals surface area contributed by atoms with Crippen LogP contribution in [0.1, 0.15) is 34.6 Å². The van der Waals surface area contributed by atoms with Gasteiger partial charge in [0.25, 0.3) is 5.91 Å². The number of rotatable bonds is 6. The number of halogens is 2. The molecule has 0 bridgehead atoms. The number of hydrogen-bond acceptors (Lipinski definition) is 3. The molecule has 0 saturated heterocycles. The Bertz CT molecular complexity index is 614. The fraction of sp³-hybridized carbons (Fsp3) is 0.375. The highest BCUT2D eigenvalue weighted by Gasteiger charge is 2.16. The molecule has 0 saturated carbocycles. The molecule has 0 aliphatic carbocycles. The first-order chi connectivity index (χ1) is 10.1. The molecular formula is C16H24Cl2N4O. The normalized spacial score (nSPS) is 9.70. The third-order valence-corrected chi connectivity index (χ3v) is 3.47. The van der Waals surface area contributed by atoms with Crippen molar-refractivity contribution in [3.8, 4) is 5.82 Å². The van der Waals surface area contributed by atoms with Gasteiger partial charge < -0.3 is 15.6 Å². The van der Waals surface area contributed by atoms with Crippen molar-refractivity contribution in [1.82, 2.24) is 14.9 Å². The van der Waals surface area contributed by atoms with Crippen LogP contribution in [0.15, 0.2) is 30.5 Å². The number of pyridine rings is 1. The SMILES string of the molecule is Cc1cc(C(=O)NCCCCN)c(C)n1-c1ccccn1.Cl.Cl. The molecule has 2 heterocycles. The smallest absolute Gasteiger partial charge is 0.253 e. The van der Waals surface area contributed by atoms with Gasteiger partial charge in [-0.1, -0.05) is 6.07 Å². The average molecular weight is 359 g/mol. The second-order valence-corrected chi connectivity index (χ2v) is 5.06. The van der Waals surface area contributed by atoms with Crippen molar-refractivity contribution in [2.24, 2.45) is 5.73 Å². The molecule has 128 valence electrons. The number of hydrogen-bond donors (Lipinski definition) is 2. The zero-order valence-electron chi connectivity index (χ0n) is 13.4. The molecule has 0 atom stereocenters. The monoisotopic (exact) mass is 358 g/mol. The summed E-state index contributed by atoms with van der Waals surface area (Å²) in [5.41, 5.74) is 8.05. The summed E-state index contributed by atoms with van der Waals surface area (Å²) in [6, 6.07) is 7.65. The van der Waals surface area contributed by atoms with Crippen LogP contribution >= 0.6 is 24.8 Å². The highest BCUT2D eigenvalue weighted by molar-refractivity contribution is 5.95. The largest absolute Gasteiger partial charge is 0.352 e. The van der Waals surface area contributed by atoms with E-state index in [2.05, 4.69) is 10.3 Å². The van der Waals surface area contributed by atoms with Crippen molar-refractivity contribution in [3.63, 3.8) is 0 Å². The molecule has 0 aromatic carbocycles. The zero-order valence-corrected chi connectivity index (χ0v) is 15.0. The average Bonchev–Trinajstić information content (AvgIpc) is 2.79. The van der Waals surface area contributed by atoms with Crippen LogP contribution in [0.2, 0.25) is 0 Å². The summed E-state index contributed by atoms with van der Waals surface area (Å²) in [7, 11) is 0. The van der Waals surface area contributed by atoms with Crippen molar-refractivity contribution in [2.45, 2.75) is 26.7 Å². The maximum atomic E-state index is 12.2. The topological polar surface area (TPSA) is 72.9 Å². The van der Waals surface area contributed by atoms with Gasteiger partial charge in [-0.25, -0.2) is 4.98 Å². The maximum absolute atomic E-state index is 12.2. The van der Waals surface area contributed by atoms with Crippen LogP contribution < -0.4 is 11.1 Å². The summed E-state index contributed by atoms with van der Waals surface area (Å²) in [5.74, 6) is 0.789. The summed E-state index contributed by atoms with van der Waals surface area (Å²) in [5, 5.41) is 2.94. The first kappa shape index (κ1) is 21.4. The number of carbonyl (C=O) groups excluding carboxylic acids is 1. The van der Waals surface area contributed by atoms with E-state index >= 15 is 0 Å². The number of amides is 1. The van der Waals surface area contributed by atoms with Crippen LogP contribution in [-0.4, -0.2) is 28.5 Å². The summed E-state index contributed by atoms with van der Waals surface area (Å²) < 4.78 is 1.99. The highest BCUT2D eigenvalue weighted by atomic mass is 35.5. The van der Waals surface area contributed by atoms with Crippen LogP contribution in [0.25, 0.3) is 5.82 Å². The molecule has 23 heavy (non-hydrogen) atoms. The van der Waals surface area contributed by atoms with E-state index in [0.29, 0.717) is 18.7 Å². The maximum Gasteiger partial charge on any atom is 0.253 e. The van der Waals surface area contributed by atoms with Crippen molar-refractivity contribution in [3.05, 3.63) is 47.4 Å². The predicted octanol–water partition coefficient (Wildman–Crippen LogP) is 2.80. The Balaban J connectivity index is 0.00000242. The Kier molecular flexibility index (Phi) is 9.56. The molecule has 0 aliphatic heterocycles. The Morgan fingerprint density at radius 2 is 2.00 bits per heavy atom. The first-order valence-electron chi connectivity index (χ1n) is 7.23. The Morgan fingerprint density at radius 3 is 2.61 bits per heavy atom. The molecule has 2 aromatic heterocycles. The summed E-state index contributed by atoms with van der Waals surface area (Å²) >= 11 is 0. The van der Waals surface area contributed by atoms with E-state index in [1.807, 2.05) is 42.7 Å². The Labute approximate surface area is 149 Å². The van der Waals surface area contributed by atoms with Crippen molar-refractivity contribution in [1.29, 1.82) is 0 Å². The van der Waals surface area contributed by atoms with Gasteiger partial charge in [0.05, 0.1) is 5.56 Å². The second kappa shape index (κ2) is 10.3. The molecule has 5 nitrogen and oxygen atoms in total. The molecule has 7 heteroatoms. The molecule has 2 rings (SSSR count). The van der Waals surface area contributed by atoms with Gasteiger partial charge in [-0.15, -0.1) is 24.8 Å². The third-order valence-electron chi connectivity index (χ3n) is 3.47. The van der Waals surface area contributed by atoms with E-state index in [0.717, 1.165) is 30.0 Å². The van der Waals surface area contributed by atoms with Gasteiger partial charge in [-0.2, -0.15) is 0 Å².